The molecule has 5 rings (SSSR count). The van der Waals surface area contributed by atoms with Crippen molar-refractivity contribution in [1.82, 2.24) is 4.57 Å². The van der Waals surface area contributed by atoms with Gasteiger partial charge >= 0.3 is 0 Å². The fraction of sp³-hybridized carbons (Fsp3) is 0. The number of fused-ring (bicyclic) bond motifs is 3. The van der Waals surface area contributed by atoms with Crippen molar-refractivity contribution >= 4 is 27.5 Å². The van der Waals surface area contributed by atoms with E-state index >= 15 is 0 Å². The predicted octanol–water partition coefficient (Wildman–Crippen LogP) is 6.03. The largest absolute Gasteiger partial charge is 0.398 e. The number of hydrogen-bond donors (Lipinski definition) is 1. The molecule has 4 aromatic carbocycles. The van der Waals surface area contributed by atoms with Crippen LogP contribution in [0.5, 0.6) is 0 Å². The summed E-state index contributed by atoms with van der Waals surface area (Å²) in [6.45, 7) is 0. The number of nitrogens with zero attached hydrogens (tertiary/aromatic N) is 1. The number of anilines is 1. The zero-order chi connectivity index (χ0) is 17.5. The molecule has 0 fully saturated rings. The molecule has 0 aliphatic heterocycles. The van der Waals surface area contributed by atoms with Gasteiger partial charge in [0.2, 0.25) is 0 Å². The molecule has 0 amide bonds. The van der Waals surface area contributed by atoms with Crippen molar-refractivity contribution in [3.05, 3.63) is 97.1 Å². The topological polar surface area (TPSA) is 30.9 Å². The molecule has 0 atom stereocenters. The van der Waals surface area contributed by atoms with Crippen LogP contribution in [0.3, 0.4) is 0 Å². The number of aromatic nitrogens is 1. The van der Waals surface area contributed by atoms with Gasteiger partial charge in [-0.05, 0) is 35.9 Å². The summed E-state index contributed by atoms with van der Waals surface area (Å²) in [5.41, 5.74) is 13.0. The number of hydrogen-bond acceptors (Lipinski definition) is 1. The van der Waals surface area contributed by atoms with E-state index in [2.05, 4.69) is 77.4 Å². The van der Waals surface area contributed by atoms with Crippen LogP contribution in [0.1, 0.15) is 0 Å². The van der Waals surface area contributed by atoms with Gasteiger partial charge in [0.05, 0.1) is 11.0 Å². The van der Waals surface area contributed by atoms with E-state index in [-0.39, 0.29) is 0 Å². The number of para-hydroxylation sites is 2. The zero-order valence-electron chi connectivity index (χ0n) is 14.3. The van der Waals surface area contributed by atoms with Crippen LogP contribution in [0.25, 0.3) is 38.6 Å². The van der Waals surface area contributed by atoms with E-state index in [4.69, 9.17) is 5.73 Å². The highest BCUT2D eigenvalue weighted by atomic mass is 15.0. The van der Waals surface area contributed by atoms with E-state index in [9.17, 15) is 0 Å². The number of rotatable bonds is 2. The molecule has 124 valence electrons. The molecular formula is C24H18N2. The molecule has 2 N–H and O–H groups in total. The minimum Gasteiger partial charge on any atom is -0.398 e. The van der Waals surface area contributed by atoms with Gasteiger partial charge in [-0.2, -0.15) is 0 Å². The molecule has 0 saturated carbocycles. The van der Waals surface area contributed by atoms with E-state index in [1.54, 1.807) is 0 Å². The maximum Gasteiger partial charge on any atom is 0.0562 e. The lowest BCUT2D eigenvalue weighted by Crippen LogP contribution is -1.95. The molecule has 0 saturated heterocycles. The van der Waals surface area contributed by atoms with Crippen molar-refractivity contribution in [3.63, 3.8) is 0 Å². The second kappa shape index (κ2) is 5.78. The van der Waals surface area contributed by atoms with Crippen molar-refractivity contribution in [1.29, 1.82) is 0 Å². The molecule has 1 aromatic heterocycles. The van der Waals surface area contributed by atoms with Crippen LogP contribution in [0.15, 0.2) is 97.1 Å². The third-order valence-corrected chi connectivity index (χ3v) is 4.94. The van der Waals surface area contributed by atoms with Crippen LogP contribution in [0.2, 0.25) is 0 Å². The summed E-state index contributed by atoms with van der Waals surface area (Å²) in [5.74, 6) is 0. The van der Waals surface area contributed by atoms with Crippen molar-refractivity contribution in [3.8, 4) is 16.8 Å². The molecule has 1 heterocycles. The van der Waals surface area contributed by atoms with Gasteiger partial charge in [0.1, 0.15) is 0 Å². The summed E-state index contributed by atoms with van der Waals surface area (Å²) in [6.07, 6.45) is 0. The first-order valence-corrected chi connectivity index (χ1v) is 8.76. The first-order chi connectivity index (χ1) is 12.8. The van der Waals surface area contributed by atoms with Crippen LogP contribution in [-0.2, 0) is 0 Å². The van der Waals surface area contributed by atoms with Gasteiger partial charge in [-0.3, -0.25) is 0 Å². The van der Waals surface area contributed by atoms with E-state index < -0.39 is 0 Å². The molecule has 0 aliphatic rings. The van der Waals surface area contributed by atoms with Gasteiger partial charge in [0.15, 0.2) is 0 Å². The average molecular weight is 334 g/mol. The maximum atomic E-state index is 6.47. The fourth-order valence-electron chi connectivity index (χ4n) is 3.75. The third kappa shape index (κ3) is 2.20. The van der Waals surface area contributed by atoms with Crippen molar-refractivity contribution < 1.29 is 0 Å². The summed E-state index contributed by atoms with van der Waals surface area (Å²) in [7, 11) is 0. The number of nitrogens with two attached hydrogens (primary N) is 1. The SMILES string of the molecule is Nc1cc2c(cc1-c1ccccc1)c1ccccc1n2-c1ccccc1. The molecule has 2 heteroatoms. The van der Waals surface area contributed by atoms with Crippen molar-refractivity contribution in [2.75, 3.05) is 5.73 Å². The van der Waals surface area contributed by atoms with Gasteiger partial charge in [-0.1, -0.05) is 66.7 Å². The summed E-state index contributed by atoms with van der Waals surface area (Å²) in [6, 6.07) is 33.6. The van der Waals surface area contributed by atoms with Crippen molar-refractivity contribution in [2.24, 2.45) is 0 Å². The van der Waals surface area contributed by atoms with Crippen LogP contribution < -0.4 is 5.73 Å². The Morgan fingerprint density at radius 2 is 1.23 bits per heavy atom. The summed E-state index contributed by atoms with van der Waals surface area (Å²) in [5, 5.41) is 2.46. The van der Waals surface area contributed by atoms with Crippen LogP contribution in [-0.4, -0.2) is 4.57 Å². The third-order valence-electron chi connectivity index (χ3n) is 4.94. The van der Waals surface area contributed by atoms with Gasteiger partial charge in [0, 0.05) is 27.7 Å². The maximum absolute atomic E-state index is 6.47. The molecule has 0 aliphatic carbocycles. The van der Waals surface area contributed by atoms with Crippen LogP contribution >= 0.6 is 0 Å². The summed E-state index contributed by atoms with van der Waals surface area (Å²) < 4.78 is 2.29. The smallest absolute Gasteiger partial charge is 0.0562 e. The molecule has 0 spiro atoms. The first-order valence-electron chi connectivity index (χ1n) is 8.76. The Kier molecular flexibility index (Phi) is 3.29. The van der Waals surface area contributed by atoms with E-state index in [1.165, 1.54) is 16.3 Å². The fourth-order valence-corrected chi connectivity index (χ4v) is 3.75. The molecule has 26 heavy (non-hydrogen) atoms. The highest BCUT2D eigenvalue weighted by Crippen LogP contribution is 2.37. The van der Waals surface area contributed by atoms with Gasteiger partial charge in [-0.25, -0.2) is 0 Å². The average Bonchev–Trinajstić information content (AvgIpc) is 3.02. The van der Waals surface area contributed by atoms with Crippen LogP contribution in [0.4, 0.5) is 5.69 Å². The molecule has 0 radical (unpaired) electrons. The monoisotopic (exact) mass is 334 g/mol. The highest BCUT2D eigenvalue weighted by Gasteiger charge is 2.14. The van der Waals surface area contributed by atoms with Gasteiger partial charge in [-0.15, -0.1) is 0 Å². The highest BCUT2D eigenvalue weighted by molar-refractivity contribution is 6.12. The lowest BCUT2D eigenvalue weighted by Gasteiger charge is -2.10. The summed E-state index contributed by atoms with van der Waals surface area (Å²) >= 11 is 0. The van der Waals surface area contributed by atoms with Crippen molar-refractivity contribution in [2.45, 2.75) is 0 Å². The lowest BCUT2D eigenvalue weighted by molar-refractivity contribution is 1.18. The summed E-state index contributed by atoms with van der Waals surface area (Å²) in [4.78, 5) is 0. The van der Waals surface area contributed by atoms with E-state index in [0.717, 1.165) is 28.0 Å². The Hall–Kier alpha value is -3.52. The van der Waals surface area contributed by atoms with Gasteiger partial charge < -0.3 is 10.3 Å². The van der Waals surface area contributed by atoms with Crippen LogP contribution in [0, 0.1) is 0 Å². The number of benzene rings is 4. The molecule has 0 bridgehead atoms. The minimum atomic E-state index is 0.795. The second-order valence-electron chi connectivity index (χ2n) is 6.51. The molecule has 5 aromatic rings. The quantitative estimate of drug-likeness (QED) is 0.392. The standard InChI is InChI=1S/C24H18N2/c25-22-16-24-21(15-20(22)17-9-3-1-4-10-17)19-13-7-8-14-23(19)26(24)18-11-5-2-6-12-18/h1-16H,25H2. The Bertz CT molecular complexity index is 1220. The minimum absolute atomic E-state index is 0.795. The van der Waals surface area contributed by atoms with E-state index in [0.29, 0.717) is 0 Å². The Morgan fingerprint density at radius 3 is 2.00 bits per heavy atom. The normalized spacial score (nSPS) is 11.2. The number of nitrogen functional groups attached to an aromatic ring is 1. The van der Waals surface area contributed by atoms with Gasteiger partial charge in [0.25, 0.3) is 0 Å². The molecular weight excluding hydrogens is 316 g/mol. The molecule has 0 unspecified atom stereocenters. The zero-order valence-corrected chi connectivity index (χ0v) is 14.3. The second-order valence-corrected chi connectivity index (χ2v) is 6.51. The Balaban J connectivity index is 1.90. The Labute approximate surface area is 152 Å². The lowest BCUT2D eigenvalue weighted by atomic mass is 10.0. The Morgan fingerprint density at radius 1 is 0.577 bits per heavy atom. The molecule has 2 nitrogen and oxygen atoms in total. The van der Waals surface area contributed by atoms with E-state index in [1.807, 2.05) is 24.3 Å². The first kappa shape index (κ1) is 14.8. The predicted molar refractivity (Wildman–Crippen MR) is 111 cm³/mol.